The van der Waals surface area contributed by atoms with E-state index in [4.69, 9.17) is 4.74 Å². The zero-order valence-corrected chi connectivity index (χ0v) is 10.6. The van der Waals surface area contributed by atoms with Gasteiger partial charge in [-0.3, -0.25) is 4.98 Å². The topological polar surface area (TPSA) is 34.1 Å². The first-order valence-corrected chi connectivity index (χ1v) is 6.25. The van der Waals surface area contributed by atoms with Crippen molar-refractivity contribution in [3.63, 3.8) is 0 Å². The second kappa shape index (κ2) is 6.64. The molecule has 2 aromatic rings. The largest absolute Gasteiger partial charge is 0.492 e. The lowest BCUT2D eigenvalue weighted by Crippen LogP contribution is -2.07. The molecule has 18 heavy (non-hydrogen) atoms. The Balaban J connectivity index is 1.90. The van der Waals surface area contributed by atoms with Crippen LogP contribution in [-0.2, 0) is 6.42 Å². The lowest BCUT2D eigenvalue weighted by molar-refractivity contribution is 0.341. The van der Waals surface area contributed by atoms with Crippen molar-refractivity contribution in [2.45, 2.75) is 13.3 Å². The molecule has 94 valence electrons. The summed E-state index contributed by atoms with van der Waals surface area (Å²) in [5.74, 6) is 0.904. The summed E-state index contributed by atoms with van der Waals surface area (Å²) in [6.45, 7) is 3.52. The number of para-hydroxylation sites is 2. The number of hydrogen-bond acceptors (Lipinski definition) is 3. The molecule has 1 heterocycles. The molecule has 0 aliphatic carbocycles. The Labute approximate surface area is 108 Å². The summed E-state index contributed by atoms with van der Waals surface area (Å²) in [6, 6.07) is 14.0. The van der Waals surface area contributed by atoms with Crippen molar-refractivity contribution in [3.8, 4) is 5.75 Å². The predicted molar refractivity (Wildman–Crippen MR) is 74.0 cm³/mol. The number of anilines is 1. The number of hydrogen-bond donors (Lipinski definition) is 1. The lowest BCUT2D eigenvalue weighted by atomic mass is 10.2. The SMILES string of the molecule is CCOc1ccccc1NCCc1ccccn1. The van der Waals surface area contributed by atoms with E-state index in [2.05, 4.69) is 10.3 Å². The molecule has 0 aliphatic heterocycles. The molecule has 0 fully saturated rings. The molecule has 0 amide bonds. The van der Waals surface area contributed by atoms with Gasteiger partial charge in [-0.25, -0.2) is 0 Å². The second-order valence-corrected chi connectivity index (χ2v) is 3.93. The number of nitrogens with zero attached hydrogens (tertiary/aromatic N) is 1. The summed E-state index contributed by atoms with van der Waals surface area (Å²) >= 11 is 0. The average molecular weight is 242 g/mol. The van der Waals surface area contributed by atoms with E-state index in [0.717, 1.165) is 30.1 Å². The summed E-state index contributed by atoms with van der Waals surface area (Å²) in [7, 11) is 0. The van der Waals surface area contributed by atoms with Gasteiger partial charge in [-0.2, -0.15) is 0 Å². The van der Waals surface area contributed by atoms with Crippen LogP contribution in [0, 0.1) is 0 Å². The normalized spacial score (nSPS) is 10.1. The van der Waals surface area contributed by atoms with Gasteiger partial charge in [0.1, 0.15) is 5.75 Å². The zero-order valence-electron chi connectivity index (χ0n) is 10.6. The first-order chi connectivity index (χ1) is 8.90. The summed E-state index contributed by atoms with van der Waals surface area (Å²) in [5.41, 5.74) is 2.13. The maximum absolute atomic E-state index is 5.56. The Morgan fingerprint density at radius 1 is 1.11 bits per heavy atom. The average Bonchev–Trinajstić information content (AvgIpc) is 2.42. The molecule has 3 heteroatoms. The molecule has 0 radical (unpaired) electrons. The van der Waals surface area contributed by atoms with Crippen LogP contribution in [0.2, 0.25) is 0 Å². The number of nitrogens with one attached hydrogen (secondary N) is 1. The van der Waals surface area contributed by atoms with Gasteiger partial charge in [0.2, 0.25) is 0 Å². The van der Waals surface area contributed by atoms with Gasteiger partial charge in [0.25, 0.3) is 0 Å². The molecule has 0 atom stereocenters. The highest BCUT2D eigenvalue weighted by atomic mass is 16.5. The van der Waals surface area contributed by atoms with Crippen molar-refractivity contribution in [1.29, 1.82) is 0 Å². The third kappa shape index (κ3) is 3.48. The van der Waals surface area contributed by atoms with E-state index in [1.807, 2.05) is 55.6 Å². The minimum absolute atomic E-state index is 0.679. The van der Waals surface area contributed by atoms with Crippen molar-refractivity contribution in [1.82, 2.24) is 4.98 Å². The maximum Gasteiger partial charge on any atom is 0.142 e. The molecule has 2 rings (SSSR count). The minimum Gasteiger partial charge on any atom is -0.492 e. The van der Waals surface area contributed by atoms with Crippen molar-refractivity contribution >= 4 is 5.69 Å². The van der Waals surface area contributed by atoms with Crippen LogP contribution in [0.4, 0.5) is 5.69 Å². The Kier molecular flexibility index (Phi) is 4.59. The van der Waals surface area contributed by atoms with Crippen LogP contribution in [0.25, 0.3) is 0 Å². The highest BCUT2D eigenvalue weighted by Gasteiger charge is 2.01. The Morgan fingerprint density at radius 3 is 2.72 bits per heavy atom. The second-order valence-electron chi connectivity index (χ2n) is 3.93. The smallest absolute Gasteiger partial charge is 0.142 e. The molecule has 0 aliphatic rings. The Hall–Kier alpha value is -2.03. The van der Waals surface area contributed by atoms with Gasteiger partial charge < -0.3 is 10.1 Å². The fourth-order valence-corrected chi connectivity index (χ4v) is 1.77. The monoisotopic (exact) mass is 242 g/mol. The van der Waals surface area contributed by atoms with E-state index in [1.54, 1.807) is 0 Å². The highest BCUT2D eigenvalue weighted by Crippen LogP contribution is 2.23. The first kappa shape index (κ1) is 12.4. The van der Waals surface area contributed by atoms with Gasteiger partial charge >= 0.3 is 0 Å². The highest BCUT2D eigenvalue weighted by molar-refractivity contribution is 5.56. The van der Waals surface area contributed by atoms with Crippen molar-refractivity contribution in [2.75, 3.05) is 18.5 Å². The van der Waals surface area contributed by atoms with Crippen LogP contribution in [0.3, 0.4) is 0 Å². The molecule has 0 unspecified atom stereocenters. The van der Waals surface area contributed by atoms with Gasteiger partial charge in [-0.1, -0.05) is 18.2 Å². The number of aromatic nitrogens is 1. The van der Waals surface area contributed by atoms with Gasteiger partial charge in [0.15, 0.2) is 0 Å². The molecular weight excluding hydrogens is 224 g/mol. The van der Waals surface area contributed by atoms with Crippen LogP contribution in [0.1, 0.15) is 12.6 Å². The lowest BCUT2D eigenvalue weighted by Gasteiger charge is -2.11. The molecule has 0 saturated heterocycles. The Morgan fingerprint density at radius 2 is 1.94 bits per heavy atom. The summed E-state index contributed by atoms with van der Waals surface area (Å²) in [4.78, 5) is 4.30. The van der Waals surface area contributed by atoms with Crippen LogP contribution in [-0.4, -0.2) is 18.1 Å². The Bertz CT molecular complexity index is 471. The molecule has 1 N–H and O–H groups in total. The number of ether oxygens (including phenoxy) is 1. The first-order valence-electron chi connectivity index (χ1n) is 6.25. The number of rotatable bonds is 6. The molecule has 1 aromatic heterocycles. The van der Waals surface area contributed by atoms with E-state index in [-0.39, 0.29) is 0 Å². The van der Waals surface area contributed by atoms with E-state index in [1.165, 1.54) is 0 Å². The van der Waals surface area contributed by atoms with Crippen molar-refractivity contribution in [3.05, 3.63) is 54.4 Å². The minimum atomic E-state index is 0.679. The van der Waals surface area contributed by atoms with Crippen molar-refractivity contribution < 1.29 is 4.74 Å². The fourth-order valence-electron chi connectivity index (χ4n) is 1.77. The third-order valence-electron chi connectivity index (χ3n) is 2.61. The van der Waals surface area contributed by atoms with E-state index in [9.17, 15) is 0 Å². The summed E-state index contributed by atoms with van der Waals surface area (Å²) in [5, 5.41) is 3.38. The summed E-state index contributed by atoms with van der Waals surface area (Å²) < 4.78 is 5.56. The zero-order chi connectivity index (χ0) is 12.6. The number of pyridine rings is 1. The molecule has 0 spiro atoms. The maximum atomic E-state index is 5.56. The van der Waals surface area contributed by atoms with Crippen LogP contribution in [0.5, 0.6) is 5.75 Å². The fraction of sp³-hybridized carbons (Fsp3) is 0.267. The molecule has 0 bridgehead atoms. The molecular formula is C15H18N2O. The van der Waals surface area contributed by atoms with Crippen molar-refractivity contribution in [2.24, 2.45) is 0 Å². The van der Waals surface area contributed by atoms with Crippen LogP contribution in [0.15, 0.2) is 48.7 Å². The third-order valence-corrected chi connectivity index (χ3v) is 2.61. The molecule has 0 saturated carbocycles. The molecule has 1 aromatic carbocycles. The molecule has 3 nitrogen and oxygen atoms in total. The summed E-state index contributed by atoms with van der Waals surface area (Å²) in [6.07, 6.45) is 2.73. The van der Waals surface area contributed by atoms with Crippen LogP contribution >= 0.6 is 0 Å². The van der Waals surface area contributed by atoms with E-state index in [0.29, 0.717) is 6.61 Å². The van der Waals surface area contributed by atoms with Gasteiger partial charge in [0, 0.05) is 24.9 Å². The van der Waals surface area contributed by atoms with Gasteiger partial charge in [-0.15, -0.1) is 0 Å². The van der Waals surface area contributed by atoms with Crippen LogP contribution < -0.4 is 10.1 Å². The quantitative estimate of drug-likeness (QED) is 0.845. The van der Waals surface area contributed by atoms with E-state index >= 15 is 0 Å². The standard InChI is InChI=1S/C15H18N2O/c1-2-18-15-9-4-3-8-14(15)17-12-10-13-7-5-6-11-16-13/h3-9,11,17H,2,10,12H2,1H3. The number of benzene rings is 1. The van der Waals surface area contributed by atoms with Gasteiger partial charge in [-0.05, 0) is 31.2 Å². The van der Waals surface area contributed by atoms with Gasteiger partial charge in [0.05, 0.1) is 12.3 Å². The predicted octanol–water partition coefficient (Wildman–Crippen LogP) is 3.13. The van der Waals surface area contributed by atoms with E-state index < -0.39 is 0 Å².